The van der Waals surface area contributed by atoms with Crippen molar-refractivity contribution in [2.75, 3.05) is 13.2 Å². The molecule has 0 aromatic heterocycles. The topological polar surface area (TPSA) is 21.3 Å². The van der Waals surface area contributed by atoms with E-state index in [1.807, 2.05) is 13.8 Å². The monoisotopic (exact) mass is 265 g/mol. The lowest BCUT2D eigenvalue weighted by molar-refractivity contribution is 0.314. The van der Waals surface area contributed by atoms with Crippen LogP contribution in [0.15, 0.2) is 30.4 Å². The first kappa shape index (κ1) is 15.7. The highest BCUT2D eigenvalue weighted by Crippen LogP contribution is 2.26. The van der Waals surface area contributed by atoms with E-state index in [1.165, 1.54) is 6.07 Å². The fourth-order valence-electron chi connectivity index (χ4n) is 1.80. The Labute approximate surface area is 115 Å². The second-order valence-corrected chi connectivity index (χ2v) is 4.91. The van der Waals surface area contributed by atoms with Crippen molar-refractivity contribution < 1.29 is 9.13 Å². The van der Waals surface area contributed by atoms with Crippen molar-refractivity contribution in [2.24, 2.45) is 0 Å². The van der Waals surface area contributed by atoms with E-state index < -0.39 is 0 Å². The minimum absolute atomic E-state index is 0.0791. The number of hydrogen-bond donors (Lipinski definition) is 1. The van der Waals surface area contributed by atoms with Gasteiger partial charge in [0.25, 0.3) is 0 Å². The molecule has 0 radical (unpaired) electrons. The largest absolute Gasteiger partial charge is 0.493 e. The van der Waals surface area contributed by atoms with Gasteiger partial charge in [0, 0.05) is 18.0 Å². The van der Waals surface area contributed by atoms with E-state index in [0.717, 1.165) is 36.3 Å². The zero-order valence-corrected chi connectivity index (χ0v) is 12.1. The summed E-state index contributed by atoms with van der Waals surface area (Å²) in [4.78, 5) is 0. The van der Waals surface area contributed by atoms with Gasteiger partial charge in [-0.2, -0.15) is 0 Å². The Morgan fingerprint density at radius 1 is 1.47 bits per heavy atom. The highest BCUT2D eigenvalue weighted by Gasteiger charge is 2.12. The van der Waals surface area contributed by atoms with E-state index in [1.54, 1.807) is 12.1 Å². The third-order valence-corrected chi connectivity index (χ3v) is 2.93. The summed E-state index contributed by atoms with van der Waals surface area (Å²) >= 11 is 0. The van der Waals surface area contributed by atoms with Gasteiger partial charge >= 0.3 is 0 Å². The first-order valence-corrected chi connectivity index (χ1v) is 6.84. The average molecular weight is 265 g/mol. The molecule has 0 fully saturated rings. The number of ether oxygens (including phenoxy) is 1. The fraction of sp³-hybridized carbons (Fsp3) is 0.500. The summed E-state index contributed by atoms with van der Waals surface area (Å²) in [5, 5.41) is 3.35. The normalized spacial score (nSPS) is 12.2. The number of benzene rings is 1. The summed E-state index contributed by atoms with van der Waals surface area (Å²) in [6.07, 6.45) is 1.86. The summed E-state index contributed by atoms with van der Waals surface area (Å²) in [6.45, 7) is 11.4. The van der Waals surface area contributed by atoms with Gasteiger partial charge in [0.15, 0.2) is 0 Å². The third-order valence-electron chi connectivity index (χ3n) is 2.93. The summed E-state index contributed by atoms with van der Waals surface area (Å²) in [7, 11) is 0. The fourth-order valence-corrected chi connectivity index (χ4v) is 1.80. The van der Waals surface area contributed by atoms with E-state index in [9.17, 15) is 4.39 Å². The number of halogens is 1. The van der Waals surface area contributed by atoms with Crippen LogP contribution in [0.2, 0.25) is 0 Å². The maximum atomic E-state index is 13.4. The predicted molar refractivity (Wildman–Crippen MR) is 78.0 cm³/mol. The Hall–Kier alpha value is -1.35. The minimum atomic E-state index is -0.229. The van der Waals surface area contributed by atoms with Crippen LogP contribution in [0.5, 0.6) is 5.75 Å². The molecule has 106 valence electrons. The molecule has 0 spiro atoms. The van der Waals surface area contributed by atoms with E-state index in [4.69, 9.17) is 4.74 Å². The first-order valence-electron chi connectivity index (χ1n) is 6.84. The quantitative estimate of drug-likeness (QED) is 0.710. The maximum absolute atomic E-state index is 13.4. The summed E-state index contributed by atoms with van der Waals surface area (Å²) in [6, 6.07) is 4.76. The van der Waals surface area contributed by atoms with Crippen LogP contribution in [-0.2, 0) is 0 Å². The molecule has 0 saturated heterocycles. The molecule has 0 aliphatic heterocycles. The second kappa shape index (κ2) is 7.95. The molecule has 0 aliphatic carbocycles. The van der Waals surface area contributed by atoms with Crippen LogP contribution < -0.4 is 10.1 Å². The van der Waals surface area contributed by atoms with Crippen LogP contribution in [0.4, 0.5) is 4.39 Å². The molecule has 0 saturated carbocycles. The van der Waals surface area contributed by atoms with Gasteiger partial charge in [-0.3, -0.25) is 0 Å². The molecule has 1 atom stereocenters. The highest BCUT2D eigenvalue weighted by molar-refractivity contribution is 5.36. The Morgan fingerprint density at radius 2 is 2.21 bits per heavy atom. The predicted octanol–water partition coefficient (Wildman–Crippen LogP) is 4.23. The van der Waals surface area contributed by atoms with Crippen LogP contribution in [0, 0.1) is 5.82 Å². The van der Waals surface area contributed by atoms with Crippen molar-refractivity contribution in [3.63, 3.8) is 0 Å². The molecular weight excluding hydrogens is 241 g/mol. The zero-order chi connectivity index (χ0) is 14.3. The number of rotatable bonds is 8. The van der Waals surface area contributed by atoms with Gasteiger partial charge in [-0.1, -0.05) is 12.5 Å². The summed E-state index contributed by atoms with van der Waals surface area (Å²) in [5.74, 6) is 0.520. The Balaban J connectivity index is 2.75. The van der Waals surface area contributed by atoms with E-state index >= 15 is 0 Å². The maximum Gasteiger partial charge on any atom is 0.124 e. The highest BCUT2D eigenvalue weighted by atomic mass is 19.1. The van der Waals surface area contributed by atoms with Gasteiger partial charge in [0.2, 0.25) is 0 Å². The Kier molecular flexibility index (Phi) is 6.57. The van der Waals surface area contributed by atoms with Gasteiger partial charge in [0.1, 0.15) is 11.6 Å². The van der Waals surface area contributed by atoms with E-state index in [0.29, 0.717) is 6.61 Å². The standard InChI is InChI=1S/C16H24FNO/c1-5-9-18-13(4)15-11-14(17)6-7-16(15)19-10-8-12(2)3/h6-7,11,13,18H,2,5,8-10H2,1,3-4H3. The summed E-state index contributed by atoms with van der Waals surface area (Å²) < 4.78 is 19.1. The molecular formula is C16H24FNO. The van der Waals surface area contributed by atoms with E-state index in [-0.39, 0.29) is 11.9 Å². The molecule has 0 amide bonds. The molecule has 0 bridgehead atoms. The smallest absolute Gasteiger partial charge is 0.124 e. The van der Waals surface area contributed by atoms with Crippen LogP contribution in [0.3, 0.4) is 0 Å². The van der Waals surface area contributed by atoms with Crippen molar-refractivity contribution >= 4 is 0 Å². The van der Waals surface area contributed by atoms with Gasteiger partial charge in [-0.25, -0.2) is 4.39 Å². The van der Waals surface area contributed by atoms with E-state index in [2.05, 4.69) is 18.8 Å². The molecule has 1 unspecified atom stereocenters. The lowest BCUT2D eigenvalue weighted by atomic mass is 10.1. The molecule has 1 rings (SSSR count). The average Bonchev–Trinajstić information content (AvgIpc) is 2.37. The number of nitrogens with one attached hydrogen (secondary N) is 1. The van der Waals surface area contributed by atoms with Crippen molar-refractivity contribution in [2.45, 2.75) is 39.7 Å². The second-order valence-electron chi connectivity index (χ2n) is 4.91. The van der Waals surface area contributed by atoms with Gasteiger partial charge in [-0.05, 0) is 45.0 Å². The number of hydrogen-bond acceptors (Lipinski definition) is 2. The van der Waals surface area contributed by atoms with Crippen molar-refractivity contribution in [1.29, 1.82) is 0 Å². The first-order chi connectivity index (χ1) is 9.04. The molecule has 0 heterocycles. The summed E-state index contributed by atoms with van der Waals surface area (Å²) in [5.41, 5.74) is 1.95. The molecule has 3 heteroatoms. The van der Waals surface area contributed by atoms with Crippen molar-refractivity contribution in [3.8, 4) is 5.75 Å². The Bertz CT molecular complexity index is 417. The van der Waals surface area contributed by atoms with Crippen molar-refractivity contribution in [1.82, 2.24) is 5.32 Å². The zero-order valence-electron chi connectivity index (χ0n) is 12.1. The van der Waals surface area contributed by atoms with Crippen LogP contribution in [0.1, 0.15) is 45.2 Å². The third kappa shape index (κ3) is 5.43. The molecule has 1 aromatic rings. The van der Waals surface area contributed by atoms with Crippen LogP contribution in [0.25, 0.3) is 0 Å². The molecule has 1 aromatic carbocycles. The minimum Gasteiger partial charge on any atom is -0.493 e. The molecule has 1 N–H and O–H groups in total. The van der Waals surface area contributed by atoms with Gasteiger partial charge in [0.05, 0.1) is 6.61 Å². The lowest BCUT2D eigenvalue weighted by Gasteiger charge is -2.18. The lowest BCUT2D eigenvalue weighted by Crippen LogP contribution is -2.20. The molecule has 0 aliphatic rings. The molecule has 19 heavy (non-hydrogen) atoms. The SMILES string of the molecule is C=C(C)CCOc1ccc(F)cc1C(C)NCCC. The van der Waals surface area contributed by atoms with Crippen LogP contribution in [-0.4, -0.2) is 13.2 Å². The van der Waals surface area contributed by atoms with Crippen molar-refractivity contribution in [3.05, 3.63) is 41.7 Å². The van der Waals surface area contributed by atoms with Gasteiger partial charge < -0.3 is 10.1 Å². The van der Waals surface area contributed by atoms with Gasteiger partial charge in [-0.15, -0.1) is 6.58 Å². The Morgan fingerprint density at radius 3 is 2.84 bits per heavy atom. The van der Waals surface area contributed by atoms with Crippen LogP contribution >= 0.6 is 0 Å². The molecule has 2 nitrogen and oxygen atoms in total.